The van der Waals surface area contributed by atoms with Crippen molar-refractivity contribution in [3.63, 3.8) is 0 Å². The number of para-hydroxylation sites is 2. The minimum atomic E-state index is -0.635. The molecule has 0 N–H and O–H groups in total. The number of benzene rings is 2. The van der Waals surface area contributed by atoms with E-state index < -0.39 is 23.3 Å². The van der Waals surface area contributed by atoms with E-state index in [-0.39, 0.29) is 12.5 Å². The molecular weight excluding hydrogens is 470 g/mol. The Balaban J connectivity index is 1.17. The van der Waals surface area contributed by atoms with E-state index >= 15 is 0 Å². The Bertz CT molecular complexity index is 1340. The zero-order chi connectivity index (χ0) is 25.9. The number of fused-ring (bicyclic) bond motifs is 1. The first kappa shape index (κ1) is 23.7. The summed E-state index contributed by atoms with van der Waals surface area (Å²) in [5.74, 6) is 0.353. The van der Waals surface area contributed by atoms with E-state index in [1.807, 2.05) is 49.1 Å². The molecule has 37 heavy (non-hydrogen) atoms. The lowest BCUT2D eigenvalue weighted by Gasteiger charge is -2.41. The zero-order valence-electron chi connectivity index (χ0n) is 21.5. The van der Waals surface area contributed by atoms with Crippen LogP contribution in [0.4, 0.5) is 5.69 Å². The third-order valence-electron chi connectivity index (χ3n) is 7.76. The first-order valence-corrected chi connectivity index (χ1v) is 12.9. The van der Waals surface area contributed by atoms with Crippen molar-refractivity contribution >= 4 is 28.9 Å². The number of piperazine rings is 1. The molecule has 6 rings (SSSR count). The van der Waals surface area contributed by atoms with Crippen LogP contribution in [-0.4, -0.2) is 78.4 Å². The van der Waals surface area contributed by atoms with Gasteiger partial charge in [0.1, 0.15) is 6.61 Å². The van der Waals surface area contributed by atoms with Gasteiger partial charge in [-0.15, -0.1) is 0 Å². The lowest BCUT2D eigenvalue weighted by Crippen LogP contribution is -2.54. The Labute approximate surface area is 216 Å². The van der Waals surface area contributed by atoms with Crippen molar-refractivity contribution in [1.82, 2.24) is 9.80 Å². The molecular formula is C29H31N3O5. The smallest absolute Gasteiger partial charge is 0.300 e. The molecule has 8 nitrogen and oxygen atoms in total. The van der Waals surface area contributed by atoms with Crippen LogP contribution in [0, 0.1) is 0 Å². The number of Topliss-reactive ketones (excluding diaryl/α,β-unsaturated/α-hetero) is 1. The highest BCUT2D eigenvalue weighted by atomic mass is 16.6. The van der Waals surface area contributed by atoms with E-state index in [0.29, 0.717) is 36.7 Å². The maximum Gasteiger partial charge on any atom is 0.300 e. The van der Waals surface area contributed by atoms with Gasteiger partial charge in [0.15, 0.2) is 11.5 Å². The van der Waals surface area contributed by atoms with Gasteiger partial charge in [0.2, 0.25) is 6.10 Å². The fourth-order valence-electron chi connectivity index (χ4n) is 5.84. The van der Waals surface area contributed by atoms with Crippen molar-refractivity contribution in [3.8, 4) is 11.5 Å². The van der Waals surface area contributed by atoms with Gasteiger partial charge in [-0.25, -0.2) is 0 Å². The molecule has 0 bridgehead atoms. The van der Waals surface area contributed by atoms with Gasteiger partial charge in [-0.3, -0.25) is 24.2 Å². The second-order valence-corrected chi connectivity index (χ2v) is 10.7. The van der Waals surface area contributed by atoms with E-state index in [0.717, 1.165) is 41.9 Å². The van der Waals surface area contributed by atoms with Crippen LogP contribution in [0.5, 0.6) is 11.5 Å². The average Bonchev–Trinajstić information content (AvgIpc) is 3.17. The minimum absolute atomic E-state index is 0.0479. The van der Waals surface area contributed by atoms with E-state index in [4.69, 9.17) is 9.47 Å². The summed E-state index contributed by atoms with van der Waals surface area (Å²) < 4.78 is 11.7. The molecule has 4 aliphatic rings. The summed E-state index contributed by atoms with van der Waals surface area (Å²) in [5, 5.41) is 0. The largest absolute Gasteiger partial charge is 0.485 e. The number of rotatable bonds is 4. The molecule has 1 fully saturated rings. The highest BCUT2D eigenvalue weighted by Gasteiger charge is 2.47. The summed E-state index contributed by atoms with van der Waals surface area (Å²) in [7, 11) is 0. The van der Waals surface area contributed by atoms with Crippen LogP contribution in [0.1, 0.15) is 42.3 Å². The van der Waals surface area contributed by atoms with E-state index in [9.17, 15) is 14.4 Å². The molecule has 4 aliphatic heterocycles. The van der Waals surface area contributed by atoms with Crippen LogP contribution in [0.15, 0.2) is 42.5 Å². The molecule has 2 aromatic rings. The second-order valence-electron chi connectivity index (χ2n) is 10.7. The third kappa shape index (κ3) is 3.91. The first-order chi connectivity index (χ1) is 17.8. The Kier molecular flexibility index (Phi) is 5.60. The number of hydrogen-bond acceptors (Lipinski definition) is 6. The van der Waals surface area contributed by atoms with Crippen LogP contribution in [-0.2, 0) is 16.0 Å². The van der Waals surface area contributed by atoms with Crippen LogP contribution in [0.25, 0.3) is 5.57 Å². The van der Waals surface area contributed by atoms with Crippen LogP contribution in [0.2, 0.25) is 0 Å². The summed E-state index contributed by atoms with van der Waals surface area (Å²) in [6.45, 7) is 9.58. The van der Waals surface area contributed by atoms with Crippen molar-refractivity contribution in [2.75, 3.05) is 44.2 Å². The van der Waals surface area contributed by atoms with Crippen LogP contribution >= 0.6 is 0 Å². The molecule has 8 heteroatoms. The molecule has 0 aliphatic carbocycles. The van der Waals surface area contributed by atoms with Crippen LogP contribution < -0.4 is 14.4 Å². The fourth-order valence-corrected chi connectivity index (χ4v) is 5.84. The molecule has 192 valence electrons. The lowest BCUT2D eigenvalue weighted by molar-refractivity contribution is -0.142. The number of carbonyl (C=O) groups excluding carboxylic acids is 3. The van der Waals surface area contributed by atoms with Crippen molar-refractivity contribution in [1.29, 1.82) is 0 Å². The molecule has 4 heterocycles. The molecule has 0 aromatic heterocycles. The monoisotopic (exact) mass is 501 g/mol. The molecule has 0 unspecified atom stereocenters. The minimum Gasteiger partial charge on any atom is -0.485 e. The number of hydrogen-bond donors (Lipinski definition) is 0. The molecule has 0 radical (unpaired) electrons. The van der Waals surface area contributed by atoms with Gasteiger partial charge < -0.3 is 14.4 Å². The fraction of sp³-hybridized carbons (Fsp3) is 0.414. The van der Waals surface area contributed by atoms with E-state index in [2.05, 4.69) is 24.0 Å². The van der Waals surface area contributed by atoms with Gasteiger partial charge in [-0.05, 0) is 55.7 Å². The average molecular weight is 502 g/mol. The number of ether oxygens (including phenoxy) is 2. The maximum absolute atomic E-state index is 13.1. The molecule has 2 amide bonds. The van der Waals surface area contributed by atoms with Gasteiger partial charge in [0.05, 0.1) is 16.8 Å². The lowest BCUT2D eigenvalue weighted by atomic mass is 9.86. The zero-order valence-corrected chi connectivity index (χ0v) is 21.5. The van der Waals surface area contributed by atoms with Crippen molar-refractivity contribution in [2.45, 2.75) is 38.8 Å². The SMILES string of the molecule is CCc1cc2c3c(c1)C(CN1CCN(C(=O)[C@@H]4COc5ccccc5O4)CC1)=CC(C)(C)N3C(=O)C2=O. The van der Waals surface area contributed by atoms with Gasteiger partial charge in [-0.2, -0.15) is 0 Å². The summed E-state index contributed by atoms with van der Waals surface area (Å²) in [6, 6.07) is 11.4. The maximum atomic E-state index is 13.1. The predicted octanol–water partition coefficient (Wildman–Crippen LogP) is 2.94. The van der Waals surface area contributed by atoms with Crippen molar-refractivity contribution in [2.24, 2.45) is 0 Å². The quantitative estimate of drug-likeness (QED) is 0.600. The van der Waals surface area contributed by atoms with Gasteiger partial charge in [-0.1, -0.05) is 25.1 Å². The number of carbonyl (C=O) groups is 3. The number of ketones is 1. The normalized spacial score (nSPS) is 22.1. The molecule has 1 atom stereocenters. The number of anilines is 1. The van der Waals surface area contributed by atoms with Gasteiger partial charge in [0, 0.05) is 38.3 Å². The molecule has 1 saturated heterocycles. The Morgan fingerprint density at radius 1 is 1.03 bits per heavy atom. The summed E-state index contributed by atoms with van der Waals surface area (Å²) in [6.07, 6.45) is 2.28. The van der Waals surface area contributed by atoms with E-state index in [1.165, 1.54) is 0 Å². The Hall–Kier alpha value is -3.65. The highest BCUT2D eigenvalue weighted by molar-refractivity contribution is 6.53. The molecule has 0 spiro atoms. The first-order valence-electron chi connectivity index (χ1n) is 12.9. The standard InChI is InChI=1S/C29H31N3O5/c1-4-18-13-20-19(15-29(2,3)32-25(20)21(14-18)26(33)28(32)35)16-30-9-11-31(12-10-30)27(34)24-17-36-22-7-5-6-8-23(22)37-24/h5-8,13-15,24H,4,9-12,16-17H2,1-3H3/t24-/m0/s1. The second kappa shape index (κ2) is 8.73. The Morgan fingerprint density at radius 3 is 2.46 bits per heavy atom. The molecule has 2 aromatic carbocycles. The topological polar surface area (TPSA) is 79.4 Å². The highest BCUT2D eigenvalue weighted by Crippen LogP contribution is 2.46. The van der Waals surface area contributed by atoms with Crippen molar-refractivity contribution < 1.29 is 23.9 Å². The van der Waals surface area contributed by atoms with Crippen LogP contribution in [0.3, 0.4) is 0 Å². The van der Waals surface area contributed by atoms with Crippen molar-refractivity contribution in [3.05, 3.63) is 59.2 Å². The van der Waals surface area contributed by atoms with Gasteiger partial charge >= 0.3 is 0 Å². The number of amides is 2. The summed E-state index contributed by atoms with van der Waals surface area (Å²) in [4.78, 5) is 44.7. The number of nitrogens with zero attached hydrogens (tertiary/aromatic N) is 3. The Morgan fingerprint density at radius 2 is 1.73 bits per heavy atom. The molecule has 0 saturated carbocycles. The number of aryl methyl sites for hydroxylation is 1. The summed E-state index contributed by atoms with van der Waals surface area (Å²) in [5.41, 5.74) is 3.81. The predicted molar refractivity (Wildman–Crippen MR) is 139 cm³/mol. The summed E-state index contributed by atoms with van der Waals surface area (Å²) >= 11 is 0. The van der Waals surface area contributed by atoms with Gasteiger partial charge in [0.25, 0.3) is 17.6 Å². The third-order valence-corrected chi connectivity index (χ3v) is 7.76. The van der Waals surface area contributed by atoms with E-state index in [1.54, 1.807) is 4.90 Å².